The van der Waals surface area contributed by atoms with Gasteiger partial charge in [-0.1, -0.05) is 18.2 Å². The van der Waals surface area contributed by atoms with Gasteiger partial charge >= 0.3 is 0 Å². The summed E-state index contributed by atoms with van der Waals surface area (Å²) in [5.41, 5.74) is 5.19. The van der Waals surface area contributed by atoms with Crippen molar-refractivity contribution in [3.8, 4) is 0 Å². The molecule has 2 aromatic heterocycles. The number of hydrogen-bond donors (Lipinski definition) is 1. The summed E-state index contributed by atoms with van der Waals surface area (Å²) >= 11 is 0. The predicted molar refractivity (Wildman–Crippen MR) is 125 cm³/mol. The van der Waals surface area contributed by atoms with Gasteiger partial charge in [-0.25, -0.2) is 9.97 Å². The van der Waals surface area contributed by atoms with E-state index in [0.29, 0.717) is 5.92 Å². The summed E-state index contributed by atoms with van der Waals surface area (Å²) in [6.45, 7) is 7.30. The highest BCUT2D eigenvalue weighted by Gasteiger charge is 2.28. The highest BCUT2D eigenvalue weighted by atomic mass is 16.5. The van der Waals surface area contributed by atoms with Gasteiger partial charge in [0.15, 0.2) is 0 Å². The summed E-state index contributed by atoms with van der Waals surface area (Å²) in [7, 11) is 1.98. The maximum Gasteiger partial charge on any atom is 0.268 e. The molecule has 5 rings (SSSR count). The fraction of sp³-hybridized carbons (Fsp3) is 0.480. The van der Waals surface area contributed by atoms with Crippen molar-refractivity contribution >= 4 is 22.8 Å². The third-order valence-electron chi connectivity index (χ3n) is 6.99. The van der Waals surface area contributed by atoms with Crippen LogP contribution in [0.15, 0.2) is 30.5 Å². The Morgan fingerprint density at radius 3 is 2.75 bits per heavy atom. The largest absolute Gasteiger partial charge is 0.381 e. The molecule has 1 atom stereocenters. The number of para-hydroxylation sites is 1. The number of hydrogen-bond acceptors (Lipinski definition) is 5. The van der Waals surface area contributed by atoms with Crippen molar-refractivity contribution in [3.63, 3.8) is 0 Å². The lowest BCUT2D eigenvalue weighted by Gasteiger charge is -2.23. The van der Waals surface area contributed by atoms with Gasteiger partial charge in [0.1, 0.15) is 5.69 Å². The monoisotopic (exact) mass is 433 g/mol. The van der Waals surface area contributed by atoms with E-state index < -0.39 is 0 Å². The Morgan fingerprint density at radius 2 is 1.97 bits per heavy atom. The summed E-state index contributed by atoms with van der Waals surface area (Å²) in [4.78, 5) is 24.8. The molecular weight excluding hydrogens is 402 g/mol. The zero-order chi connectivity index (χ0) is 22.2. The van der Waals surface area contributed by atoms with Crippen molar-refractivity contribution in [1.82, 2.24) is 19.9 Å². The maximum atomic E-state index is 13.2. The molecule has 32 heavy (non-hydrogen) atoms. The number of aromatic nitrogens is 3. The van der Waals surface area contributed by atoms with E-state index in [4.69, 9.17) is 9.72 Å². The third-order valence-corrected chi connectivity index (χ3v) is 6.99. The summed E-state index contributed by atoms with van der Waals surface area (Å²) in [5, 5.41) is 4.40. The maximum absolute atomic E-state index is 13.2. The topological polar surface area (TPSA) is 72.3 Å². The quantitative estimate of drug-likeness (QED) is 0.682. The van der Waals surface area contributed by atoms with Crippen molar-refractivity contribution in [2.75, 3.05) is 31.2 Å². The molecule has 0 aliphatic carbocycles. The van der Waals surface area contributed by atoms with Gasteiger partial charge in [-0.3, -0.25) is 4.79 Å². The molecule has 1 amide bonds. The first-order valence-corrected chi connectivity index (χ1v) is 11.5. The van der Waals surface area contributed by atoms with Gasteiger partial charge in [-0.2, -0.15) is 0 Å². The minimum Gasteiger partial charge on any atom is -0.381 e. The molecule has 2 aliphatic heterocycles. The van der Waals surface area contributed by atoms with E-state index in [0.717, 1.165) is 79.4 Å². The first-order valence-electron chi connectivity index (χ1n) is 11.5. The first kappa shape index (κ1) is 20.9. The van der Waals surface area contributed by atoms with Gasteiger partial charge in [0.25, 0.3) is 5.91 Å². The van der Waals surface area contributed by atoms with Crippen LogP contribution in [0.3, 0.4) is 0 Å². The van der Waals surface area contributed by atoms with Gasteiger partial charge in [-0.15, -0.1) is 0 Å². The molecule has 0 spiro atoms. The Balaban J connectivity index is 1.29. The highest BCUT2D eigenvalue weighted by molar-refractivity contribution is 6.02. The molecule has 2 fully saturated rings. The Kier molecular flexibility index (Phi) is 5.59. The SMILES string of the molecule is Cc1c(C(=O)NC2CCN(c3nccc(C4CCOCC4)n3)C2)n(C)c2c(C)cccc12. The van der Waals surface area contributed by atoms with Crippen LogP contribution >= 0.6 is 0 Å². The van der Waals surface area contributed by atoms with Crippen LogP contribution in [0.2, 0.25) is 0 Å². The average Bonchev–Trinajstić information content (AvgIpc) is 3.37. The number of carbonyl (C=O) groups excluding carboxylic acids is 1. The number of fused-ring (bicyclic) bond motifs is 1. The number of ether oxygens (including phenoxy) is 1. The fourth-order valence-electron chi connectivity index (χ4n) is 5.27. The lowest BCUT2D eigenvalue weighted by atomic mass is 9.96. The van der Waals surface area contributed by atoms with Crippen molar-refractivity contribution in [2.24, 2.45) is 7.05 Å². The van der Waals surface area contributed by atoms with E-state index in [-0.39, 0.29) is 11.9 Å². The van der Waals surface area contributed by atoms with E-state index in [1.54, 1.807) is 0 Å². The number of aryl methyl sites for hydroxylation is 3. The summed E-state index contributed by atoms with van der Waals surface area (Å²) in [6, 6.07) is 8.34. The summed E-state index contributed by atoms with van der Waals surface area (Å²) in [6.07, 6.45) is 4.77. The van der Waals surface area contributed by atoms with E-state index in [9.17, 15) is 4.79 Å². The number of benzene rings is 1. The minimum atomic E-state index is -0.00988. The lowest BCUT2D eigenvalue weighted by Crippen LogP contribution is -2.38. The molecule has 2 aliphatic rings. The van der Waals surface area contributed by atoms with Crippen molar-refractivity contribution in [2.45, 2.75) is 45.1 Å². The number of amides is 1. The van der Waals surface area contributed by atoms with Crippen molar-refractivity contribution < 1.29 is 9.53 Å². The van der Waals surface area contributed by atoms with Crippen LogP contribution in [-0.4, -0.2) is 52.8 Å². The number of anilines is 1. The van der Waals surface area contributed by atoms with Crippen LogP contribution in [0.5, 0.6) is 0 Å². The van der Waals surface area contributed by atoms with Crippen LogP contribution in [0.4, 0.5) is 5.95 Å². The fourth-order valence-corrected chi connectivity index (χ4v) is 5.27. The molecule has 7 heteroatoms. The van der Waals surface area contributed by atoms with Crippen LogP contribution < -0.4 is 10.2 Å². The van der Waals surface area contributed by atoms with Gasteiger partial charge in [-0.05, 0) is 50.3 Å². The summed E-state index contributed by atoms with van der Waals surface area (Å²) < 4.78 is 7.52. The van der Waals surface area contributed by atoms with E-state index in [1.807, 2.05) is 30.8 Å². The molecule has 0 bridgehead atoms. The Morgan fingerprint density at radius 1 is 1.16 bits per heavy atom. The smallest absolute Gasteiger partial charge is 0.268 e. The van der Waals surface area contributed by atoms with Crippen LogP contribution in [0, 0.1) is 13.8 Å². The molecule has 4 heterocycles. The Bertz CT molecular complexity index is 1150. The van der Waals surface area contributed by atoms with Crippen LogP contribution in [-0.2, 0) is 11.8 Å². The molecule has 7 nitrogen and oxygen atoms in total. The molecule has 168 valence electrons. The molecule has 1 unspecified atom stereocenters. The van der Waals surface area contributed by atoms with E-state index in [1.165, 1.54) is 5.56 Å². The van der Waals surface area contributed by atoms with Gasteiger partial charge in [0.05, 0.1) is 5.52 Å². The molecule has 2 saturated heterocycles. The number of nitrogens with zero attached hydrogens (tertiary/aromatic N) is 4. The van der Waals surface area contributed by atoms with E-state index in [2.05, 4.69) is 40.3 Å². The average molecular weight is 434 g/mol. The van der Waals surface area contributed by atoms with Crippen LogP contribution in [0.1, 0.15) is 52.5 Å². The highest BCUT2D eigenvalue weighted by Crippen LogP contribution is 2.28. The number of rotatable bonds is 4. The standard InChI is InChI=1S/C25H31N5O2/c1-16-5-4-6-20-17(2)23(29(3)22(16)20)24(31)27-19-8-12-30(15-19)25-26-11-7-21(28-25)18-9-13-32-14-10-18/h4-7,11,18-19H,8-10,12-15H2,1-3H3,(H,27,31). The number of nitrogens with one attached hydrogen (secondary N) is 1. The normalized spacial score (nSPS) is 19.6. The Hall–Kier alpha value is -2.93. The molecule has 1 N–H and O–H groups in total. The lowest BCUT2D eigenvalue weighted by molar-refractivity contribution is 0.0845. The Labute approximate surface area is 188 Å². The van der Waals surface area contributed by atoms with Crippen molar-refractivity contribution in [3.05, 3.63) is 53.0 Å². The molecule has 0 saturated carbocycles. The second kappa shape index (κ2) is 8.54. The minimum absolute atomic E-state index is 0.00988. The van der Waals surface area contributed by atoms with Gasteiger partial charge < -0.3 is 19.5 Å². The second-order valence-corrected chi connectivity index (χ2v) is 9.08. The molecule has 1 aromatic carbocycles. The first-order chi connectivity index (χ1) is 15.5. The van der Waals surface area contributed by atoms with Gasteiger partial charge in [0, 0.05) is 62.6 Å². The van der Waals surface area contributed by atoms with Crippen LogP contribution in [0.25, 0.3) is 10.9 Å². The van der Waals surface area contributed by atoms with Crippen molar-refractivity contribution in [1.29, 1.82) is 0 Å². The number of carbonyl (C=O) groups is 1. The van der Waals surface area contributed by atoms with E-state index >= 15 is 0 Å². The zero-order valence-corrected chi connectivity index (χ0v) is 19.1. The third kappa shape index (κ3) is 3.75. The predicted octanol–water partition coefficient (Wildman–Crippen LogP) is 3.49. The molecule has 0 radical (unpaired) electrons. The second-order valence-electron chi connectivity index (χ2n) is 9.08. The zero-order valence-electron chi connectivity index (χ0n) is 19.1. The summed E-state index contributed by atoms with van der Waals surface area (Å²) in [5.74, 6) is 1.20. The van der Waals surface area contributed by atoms with Gasteiger partial charge in [0.2, 0.25) is 5.95 Å². The molecular formula is C25H31N5O2. The molecule has 3 aromatic rings.